The largest absolute Gasteiger partial charge is 0.468 e. The third-order valence-corrected chi connectivity index (χ3v) is 4.16. The molecular formula is C21H24N2O4. The van der Waals surface area contributed by atoms with Crippen molar-refractivity contribution in [3.05, 3.63) is 60.2 Å². The molecule has 0 spiro atoms. The van der Waals surface area contributed by atoms with Gasteiger partial charge < -0.3 is 24.4 Å². The third-order valence-electron chi connectivity index (χ3n) is 4.16. The van der Waals surface area contributed by atoms with Crippen LogP contribution in [-0.2, 0) is 14.3 Å². The molecule has 1 amide bonds. The molecule has 1 N–H and O–H groups in total. The zero-order valence-corrected chi connectivity index (χ0v) is 15.4. The number of ether oxygens (including phenoxy) is 3. The van der Waals surface area contributed by atoms with E-state index >= 15 is 0 Å². The number of methoxy groups -OCH3 is 1. The van der Waals surface area contributed by atoms with Crippen molar-refractivity contribution in [2.75, 3.05) is 50.4 Å². The molecule has 6 heteroatoms. The molecule has 3 rings (SSSR count). The number of amides is 1. The first-order valence-corrected chi connectivity index (χ1v) is 8.88. The van der Waals surface area contributed by atoms with E-state index < -0.39 is 0 Å². The Morgan fingerprint density at radius 3 is 2.48 bits per heavy atom. The van der Waals surface area contributed by atoms with Crippen LogP contribution in [0.1, 0.15) is 5.56 Å². The first-order chi connectivity index (χ1) is 13.2. The maximum absolute atomic E-state index is 12.1. The number of carbonyl (C=O) groups excluding carboxylic acids is 1. The van der Waals surface area contributed by atoms with Gasteiger partial charge in [0.1, 0.15) is 5.75 Å². The molecule has 2 aromatic rings. The summed E-state index contributed by atoms with van der Waals surface area (Å²) in [6.07, 6.45) is 3.28. The van der Waals surface area contributed by atoms with Crippen LogP contribution in [0.15, 0.2) is 54.6 Å². The summed E-state index contributed by atoms with van der Waals surface area (Å²) >= 11 is 0. The van der Waals surface area contributed by atoms with Crippen molar-refractivity contribution >= 4 is 23.4 Å². The molecule has 1 aliphatic rings. The molecule has 1 heterocycles. The normalized spacial score (nSPS) is 14.3. The molecular weight excluding hydrogens is 344 g/mol. The fourth-order valence-electron chi connectivity index (χ4n) is 2.74. The standard InChI is InChI=1S/C21H24N2O4/c1-25-16-27-20-9-2-17(3-10-20)4-11-21(24)22-18-5-7-19(8-6-18)23-12-14-26-15-13-23/h2-11H,12-16H2,1H3,(H,22,24)/b11-4+. The van der Waals surface area contributed by atoms with E-state index in [1.165, 1.54) is 6.08 Å². The number of nitrogens with one attached hydrogen (secondary N) is 1. The Bertz CT molecular complexity index is 751. The minimum absolute atomic E-state index is 0.172. The highest BCUT2D eigenvalue weighted by Gasteiger charge is 2.10. The van der Waals surface area contributed by atoms with Gasteiger partial charge in [-0.3, -0.25) is 4.79 Å². The fraction of sp³-hybridized carbons (Fsp3) is 0.286. The second-order valence-corrected chi connectivity index (χ2v) is 6.09. The zero-order chi connectivity index (χ0) is 18.9. The Labute approximate surface area is 159 Å². The van der Waals surface area contributed by atoms with Gasteiger partial charge in [0.05, 0.1) is 13.2 Å². The van der Waals surface area contributed by atoms with Crippen LogP contribution in [0.2, 0.25) is 0 Å². The average Bonchev–Trinajstić information content (AvgIpc) is 2.73. The monoisotopic (exact) mass is 368 g/mol. The van der Waals surface area contributed by atoms with Crippen molar-refractivity contribution in [2.24, 2.45) is 0 Å². The van der Waals surface area contributed by atoms with E-state index in [0.717, 1.165) is 49.0 Å². The summed E-state index contributed by atoms with van der Waals surface area (Å²) < 4.78 is 15.6. The highest BCUT2D eigenvalue weighted by atomic mass is 16.7. The first kappa shape index (κ1) is 18.9. The Morgan fingerprint density at radius 1 is 1.11 bits per heavy atom. The van der Waals surface area contributed by atoms with Gasteiger partial charge in [-0.25, -0.2) is 0 Å². The van der Waals surface area contributed by atoms with Gasteiger partial charge in [-0.1, -0.05) is 12.1 Å². The number of carbonyl (C=O) groups is 1. The van der Waals surface area contributed by atoms with Gasteiger partial charge in [0, 0.05) is 37.7 Å². The van der Waals surface area contributed by atoms with E-state index in [1.807, 2.05) is 48.5 Å². The minimum atomic E-state index is -0.172. The lowest BCUT2D eigenvalue weighted by Crippen LogP contribution is -2.36. The fourth-order valence-corrected chi connectivity index (χ4v) is 2.74. The molecule has 142 valence electrons. The predicted octanol–water partition coefficient (Wildman–Crippen LogP) is 3.16. The summed E-state index contributed by atoms with van der Waals surface area (Å²) in [6.45, 7) is 3.50. The van der Waals surface area contributed by atoms with Crippen LogP contribution in [0.3, 0.4) is 0 Å². The van der Waals surface area contributed by atoms with E-state index in [1.54, 1.807) is 13.2 Å². The summed E-state index contributed by atoms with van der Waals surface area (Å²) in [4.78, 5) is 14.4. The van der Waals surface area contributed by atoms with Crippen LogP contribution >= 0.6 is 0 Å². The van der Waals surface area contributed by atoms with Crippen LogP contribution < -0.4 is 15.0 Å². The van der Waals surface area contributed by atoms with Crippen LogP contribution in [0, 0.1) is 0 Å². The maximum Gasteiger partial charge on any atom is 0.248 e. The SMILES string of the molecule is COCOc1ccc(/C=C/C(=O)Nc2ccc(N3CCOCC3)cc2)cc1. The molecule has 1 aliphatic heterocycles. The van der Waals surface area contributed by atoms with Crippen molar-refractivity contribution in [2.45, 2.75) is 0 Å². The third kappa shape index (κ3) is 5.84. The van der Waals surface area contributed by atoms with Gasteiger partial charge in [0.25, 0.3) is 0 Å². The lowest BCUT2D eigenvalue weighted by molar-refractivity contribution is -0.111. The van der Waals surface area contributed by atoms with Crippen molar-refractivity contribution in [1.29, 1.82) is 0 Å². The number of hydrogen-bond acceptors (Lipinski definition) is 5. The van der Waals surface area contributed by atoms with E-state index in [2.05, 4.69) is 10.2 Å². The topological polar surface area (TPSA) is 60.0 Å². The quantitative estimate of drug-likeness (QED) is 0.601. The number of benzene rings is 2. The number of morpholine rings is 1. The van der Waals surface area contributed by atoms with E-state index in [9.17, 15) is 4.79 Å². The average molecular weight is 368 g/mol. The van der Waals surface area contributed by atoms with E-state index in [0.29, 0.717) is 0 Å². The molecule has 0 unspecified atom stereocenters. The molecule has 27 heavy (non-hydrogen) atoms. The van der Waals surface area contributed by atoms with Crippen LogP contribution in [0.5, 0.6) is 5.75 Å². The molecule has 0 bridgehead atoms. The number of nitrogens with zero attached hydrogens (tertiary/aromatic N) is 1. The van der Waals surface area contributed by atoms with E-state index in [-0.39, 0.29) is 12.7 Å². The Kier molecular flexibility index (Phi) is 6.84. The first-order valence-electron chi connectivity index (χ1n) is 8.88. The predicted molar refractivity (Wildman–Crippen MR) is 106 cm³/mol. The smallest absolute Gasteiger partial charge is 0.248 e. The van der Waals surface area contributed by atoms with Crippen molar-refractivity contribution in [1.82, 2.24) is 0 Å². The van der Waals surface area contributed by atoms with Crippen LogP contribution in [-0.4, -0.2) is 46.1 Å². The minimum Gasteiger partial charge on any atom is -0.468 e. The number of hydrogen-bond donors (Lipinski definition) is 1. The highest BCUT2D eigenvalue weighted by Crippen LogP contribution is 2.19. The molecule has 6 nitrogen and oxygen atoms in total. The van der Waals surface area contributed by atoms with Gasteiger partial charge in [-0.2, -0.15) is 0 Å². The molecule has 0 atom stereocenters. The zero-order valence-electron chi connectivity index (χ0n) is 15.4. The summed E-state index contributed by atoms with van der Waals surface area (Å²) in [5, 5.41) is 2.87. The Hall–Kier alpha value is -2.83. The van der Waals surface area contributed by atoms with Crippen molar-refractivity contribution in [3.63, 3.8) is 0 Å². The number of rotatable bonds is 7. The van der Waals surface area contributed by atoms with Crippen molar-refractivity contribution in [3.8, 4) is 5.75 Å². The van der Waals surface area contributed by atoms with E-state index in [4.69, 9.17) is 14.2 Å². The Morgan fingerprint density at radius 2 is 1.81 bits per heavy atom. The van der Waals surface area contributed by atoms with Crippen molar-refractivity contribution < 1.29 is 19.0 Å². The molecule has 1 saturated heterocycles. The maximum atomic E-state index is 12.1. The lowest BCUT2D eigenvalue weighted by Gasteiger charge is -2.28. The second-order valence-electron chi connectivity index (χ2n) is 6.09. The number of anilines is 2. The van der Waals surface area contributed by atoms with Gasteiger partial charge in [-0.15, -0.1) is 0 Å². The molecule has 0 radical (unpaired) electrons. The summed E-state index contributed by atoms with van der Waals surface area (Å²) in [7, 11) is 1.58. The van der Waals surface area contributed by atoms with Gasteiger partial charge in [0.2, 0.25) is 5.91 Å². The molecule has 0 saturated carbocycles. The van der Waals surface area contributed by atoms with Crippen LogP contribution in [0.25, 0.3) is 6.08 Å². The summed E-state index contributed by atoms with van der Waals surface area (Å²) in [5.74, 6) is 0.549. The summed E-state index contributed by atoms with van der Waals surface area (Å²) in [5.41, 5.74) is 2.82. The highest BCUT2D eigenvalue weighted by molar-refractivity contribution is 6.02. The van der Waals surface area contributed by atoms with Gasteiger partial charge >= 0.3 is 0 Å². The molecule has 2 aromatic carbocycles. The second kappa shape index (κ2) is 9.75. The van der Waals surface area contributed by atoms with Crippen LogP contribution in [0.4, 0.5) is 11.4 Å². The molecule has 0 aromatic heterocycles. The molecule has 1 fully saturated rings. The molecule has 0 aliphatic carbocycles. The van der Waals surface area contributed by atoms with Gasteiger partial charge in [-0.05, 0) is 48.0 Å². The van der Waals surface area contributed by atoms with Gasteiger partial charge in [0.15, 0.2) is 6.79 Å². The Balaban J connectivity index is 1.51. The summed E-state index contributed by atoms with van der Waals surface area (Å²) in [6, 6.07) is 15.3. The lowest BCUT2D eigenvalue weighted by atomic mass is 10.2.